The third kappa shape index (κ3) is 3.35. The number of likely N-dealkylation sites (tertiary alicyclic amines) is 1. The van der Waals surface area contributed by atoms with Gasteiger partial charge in [-0.3, -0.25) is 14.6 Å². The number of fused-ring (bicyclic) bond motifs is 1. The van der Waals surface area contributed by atoms with Crippen LogP contribution in [-0.4, -0.2) is 64.5 Å². The van der Waals surface area contributed by atoms with Crippen LogP contribution < -0.4 is 5.32 Å². The van der Waals surface area contributed by atoms with Crippen molar-refractivity contribution in [3.8, 4) is 11.4 Å². The topological polar surface area (TPSA) is 97.3 Å². The van der Waals surface area contributed by atoms with Gasteiger partial charge in [0.2, 0.25) is 5.91 Å². The normalized spacial score (nSPS) is 25.2. The lowest BCUT2D eigenvalue weighted by Gasteiger charge is -2.26. The Morgan fingerprint density at radius 3 is 2.93 bits per heavy atom. The Kier molecular flexibility index (Phi) is 4.73. The highest BCUT2D eigenvalue weighted by Gasteiger charge is 2.57. The summed E-state index contributed by atoms with van der Waals surface area (Å²) in [6.45, 7) is 4.30. The van der Waals surface area contributed by atoms with Gasteiger partial charge in [0.15, 0.2) is 5.82 Å². The van der Waals surface area contributed by atoms with E-state index in [2.05, 4.69) is 20.3 Å². The van der Waals surface area contributed by atoms with Crippen molar-refractivity contribution in [1.82, 2.24) is 25.2 Å². The molecule has 2 aromatic heterocycles. The largest absolute Gasteiger partial charge is 0.380 e. The highest BCUT2D eigenvalue weighted by molar-refractivity contribution is 5.96. The fourth-order valence-corrected chi connectivity index (χ4v) is 4.43. The zero-order valence-electron chi connectivity index (χ0n) is 17.0. The van der Waals surface area contributed by atoms with Crippen LogP contribution >= 0.6 is 0 Å². The number of amides is 2. The molecule has 1 aliphatic carbocycles. The average Bonchev–Trinajstić information content (AvgIpc) is 3.39. The number of pyridine rings is 1. The van der Waals surface area contributed by atoms with Gasteiger partial charge < -0.3 is 15.0 Å². The summed E-state index contributed by atoms with van der Waals surface area (Å²) < 4.78 is 5.65. The number of carbonyl (C=O) groups is 2. The van der Waals surface area contributed by atoms with E-state index < -0.39 is 5.41 Å². The minimum atomic E-state index is -0.644. The van der Waals surface area contributed by atoms with Crippen LogP contribution in [0.1, 0.15) is 28.9 Å². The Morgan fingerprint density at radius 1 is 1.33 bits per heavy atom. The zero-order valence-corrected chi connectivity index (χ0v) is 17.0. The highest BCUT2D eigenvalue weighted by Crippen LogP contribution is 2.42. The lowest BCUT2D eigenvalue weighted by Crippen LogP contribution is -2.47. The van der Waals surface area contributed by atoms with E-state index in [-0.39, 0.29) is 17.7 Å². The minimum absolute atomic E-state index is 0.0205. The first-order valence-corrected chi connectivity index (χ1v) is 10.5. The summed E-state index contributed by atoms with van der Waals surface area (Å²) in [7, 11) is 0. The molecule has 2 aliphatic heterocycles. The van der Waals surface area contributed by atoms with Crippen LogP contribution in [0.15, 0.2) is 30.7 Å². The summed E-state index contributed by atoms with van der Waals surface area (Å²) >= 11 is 0. The molecular weight excluding hydrogens is 382 g/mol. The van der Waals surface area contributed by atoms with Crippen LogP contribution in [0.25, 0.3) is 11.4 Å². The maximum absolute atomic E-state index is 13.2. The molecule has 0 bridgehead atoms. The van der Waals surface area contributed by atoms with E-state index in [0.29, 0.717) is 49.3 Å². The van der Waals surface area contributed by atoms with Gasteiger partial charge in [0.25, 0.3) is 5.91 Å². The van der Waals surface area contributed by atoms with Gasteiger partial charge in [-0.2, -0.15) is 0 Å². The van der Waals surface area contributed by atoms with Crippen LogP contribution in [0.3, 0.4) is 0 Å². The fourth-order valence-electron chi connectivity index (χ4n) is 4.43. The third-order valence-electron chi connectivity index (χ3n) is 6.49. The number of rotatable bonds is 5. The lowest BCUT2D eigenvalue weighted by atomic mass is 9.80. The van der Waals surface area contributed by atoms with Gasteiger partial charge >= 0.3 is 0 Å². The number of nitrogens with one attached hydrogen (secondary N) is 1. The molecule has 2 atom stereocenters. The van der Waals surface area contributed by atoms with Gasteiger partial charge in [0.1, 0.15) is 0 Å². The molecule has 3 aliphatic rings. The van der Waals surface area contributed by atoms with E-state index >= 15 is 0 Å². The van der Waals surface area contributed by atoms with E-state index in [1.807, 2.05) is 19.1 Å². The van der Waals surface area contributed by atoms with Crippen molar-refractivity contribution < 1.29 is 14.3 Å². The number of ether oxygens (including phenoxy) is 1. The van der Waals surface area contributed by atoms with E-state index in [4.69, 9.17) is 4.74 Å². The van der Waals surface area contributed by atoms with Crippen molar-refractivity contribution in [1.29, 1.82) is 0 Å². The SMILES string of the molecule is Cc1nc(-c2cccnc2)ncc1C(=O)N1C[C@H]2COC[C@@]2(C(=O)NCC2CC2)C1. The molecule has 2 aromatic rings. The number of carbonyl (C=O) groups excluding carboxylic acids is 2. The highest BCUT2D eigenvalue weighted by atomic mass is 16.5. The zero-order chi connectivity index (χ0) is 20.7. The van der Waals surface area contributed by atoms with Gasteiger partial charge in [0, 0.05) is 49.7 Å². The van der Waals surface area contributed by atoms with Crippen LogP contribution in [0.2, 0.25) is 0 Å². The van der Waals surface area contributed by atoms with Gasteiger partial charge in [-0.25, -0.2) is 9.97 Å². The second-order valence-corrected chi connectivity index (χ2v) is 8.64. The van der Waals surface area contributed by atoms with E-state index in [9.17, 15) is 9.59 Å². The standard InChI is InChI=1S/C22H25N5O3/c1-14-18(9-24-19(26-14)16-3-2-6-23-8-16)20(28)27-10-17-11-30-13-22(17,12-27)21(29)25-7-15-4-5-15/h2-3,6,8-9,15,17H,4-5,7,10-13H2,1H3,(H,25,29)/t17-,22-/m0/s1. The second-order valence-electron chi connectivity index (χ2n) is 8.64. The smallest absolute Gasteiger partial charge is 0.257 e. The number of hydrogen-bond donors (Lipinski definition) is 1. The van der Waals surface area contributed by atoms with Crippen molar-refractivity contribution in [2.45, 2.75) is 19.8 Å². The summed E-state index contributed by atoms with van der Waals surface area (Å²) in [5, 5.41) is 3.10. The molecule has 4 heterocycles. The first-order chi connectivity index (χ1) is 14.6. The number of aryl methyl sites for hydroxylation is 1. The third-order valence-corrected chi connectivity index (χ3v) is 6.49. The molecule has 0 radical (unpaired) electrons. The predicted molar refractivity (Wildman–Crippen MR) is 108 cm³/mol. The lowest BCUT2D eigenvalue weighted by molar-refractivity contribution is -0.131. The molecule has 8 nitrogen and oxygen atoms in total. The summed E-state index contributed by atoms with van der Waals surface area (Å²) in [6.07, 6.45) is 7.34. The summed E-state index contributed by atoms with van der Waals surface area (Å²) in [4.78, 5) is 41.0. The quantitative estimate of drug-likeness (QED) is 0.806. The number of nitrogens with zero attached hydrogens (tertiary/aromatic N) is 4. The summed E-state index contributed by atoms with van der Waals surface area (Å²) in [6, 6.07) is 3.71. The Morgan fingerprint density at radius 2 is 2.20 bits per heavy atom. The number of aromatic nitrogens is 3. The van der Waals surface area contributed by atoms with Gasteiger partial charge in [-0.1, -0.05) is 0 Å². The Balaban J connectivity index is 1.33. The maximum atomic E-state index is 13.2. The molecule has 156 valence electrons. The molecule has 1 N–H and O–H groups in total. The van der Waals surface area contributed by atoms with Crippen molar-refractivity contribution in [2.24, 2.45) is 17.3 Å². The van der Waals surface area contributed by atoms with Gasteiger partial charge in [0.05, 0.1) is 29.9 Å². The van der Waals surface area contributed by atoms with Crippen molar-refractivity contribution >= 4 is 11.8 Å². The first kappa shape index (κ1) is 19.1. The summed E-state index contributed by atoms with van der Waals surface area (Å²) in [5.41, 5.74) is 1.25. The number of hydrogen-bond acceptors (Lipinski definition) is 6. The molecule has 8 heteroatoms. The molecule has 0 unspecified atom stereocenters. The van der Waals surface area contributed by atoms with Gasteiger partial charge in [-0.15, -0.1) is 0 Å². The van der Waals surface area contributed by atoms with Crippen LogP contribution in [0.5, 0.6) is 0 Å². The average molecular weight is 407 g/mol. The van der Waals surface area contributed by atoms with Crippen LogP contribution in [0, 0.1) is 24.2 Å². The fraction of sp³-hybridized carbons (Fsp3) is 0.500. The Hall–Kier alpha value is -2.87. The monoisotopic (exact) mass is 407 g/mol. The van der Waals surface area contributed by atoms with Crippen molar-refractivity contribution in [2.75, 3.05) is 32.8 Å². The molecule has 3 fully saturated rings. The van der Waals surface area contributed by atoms with Crippen LogP contribution in [-0.2, 0) is 9.53 Å². The van der Waals surface area contributed by atoms with Crippen LogP contribution in [0.4, 0.5) is 0 Å². The predicted octanol–water partition coefficient (Wildman–Crippen LogP) is 1.46. The maximum Gasteiger partial charge on any atom is 0.257 e. The summed E-state index contributed by atoms with van der Waals surface area (Å²) in [5.74, 6) is 1.07. The molecule has 1 saturated carbocycles. The van der Waals surface area contributed by atoms with Gasteiger partial charge in [-0.05, 0) is 37.8 Å². The molecular formula is C22H25N5O3. The van der Waals surface area contributed by atoms with E-state index in [0.717, 1.165) is 12.1 Å². The van der Waals surface area contributed by atoms with Crippen molar-refractivity contribution in [3.63, 3.8) is 0 Å². The Bertz CT molecular complexity index is 978. The first-order valence-electron chi connectivity index (χ1n) is 10.5. The van der Waals surface area contributed by atoms with E-state index in [1.165, 1.54) is 12.8 Å². The Labute approximate surface area is 175 Å². The molecule has 2 amide bonds. The molecule has 0 aromatic carbocycles. The molecule has 2 saturated heterocycles. The molecule has 0 spiro atoms. The van der Waals surface area contributed by atoms with Crippen molar-refractivity contribution in [3.05, 3.63) is 42.0 Å². The molecule has 30 heavy (non-hydrogen) atoms. The van der Waals surface area contributed by atoms with E-state index in [1.54, 1.807) is 23.5 Å². The minimum Gasteiger partial charge on any atom is -0.380 e. The second kappa shape index (κ2) is 7.43. The molecule has 5 rings (SSSR count).